The summed E-state index contributed by atoms with van der Waals surface area (Å²) in [7, 11) is 0. The van der Waals surface area contributed by atoms with Gasteiger partial charge in [0.25, 0.3) is 0 Å². The van der Waals surface area contributed by atoms with Crippen LogP contribution in [0.15, 0.2) is 0 Å². The van der Waals surface area contributed by atoms with Crippen molar-refractivity contribution in [2.75, 3.05) is 26.2 Å². The van der Waals surface area contributed by atoms with E-state index in [2.05, 4.69) is 10.2 Å². The van der Waals surface area contributed by atoms with Gasteiger partial charge in [-0.2, -0.15) is 0 Å². The molecule has 0 spiro atoms. The summed E-state index contributed by atoms with van der Waals surface area (Å²) in [6.07, 6.45) is 4.50. The first-order chi connectivity index (χ1) is 7.25. The molecule has 1 atom stereocenters. The van der Waals surface area contributed by atoms with E-state index in [0.29, 0.717) is 6.04 Å². The molecule has 0 saturated carbocycles. The van der Waals surface area contributed by atoms with Crippen molar-refractivity contribution in [3.8, 4) is 0 Å². The lowest BCUT2D eigenvalue weighted by Gasteiger charge is -2.32. The lowest BCUT2D eigenvalue weighted by molar-refractivity contribution is -0.123. The Balaban J connectivity index is 1.71. The van der Waals surface area contributed by atoms with Crippen LogP contribution in [-0.2, 0) is 4.79 Å². The van der Waals surface area contributed by atoms with Crippen molar-refractivity contribution < 1.29 is 4.79 Å². The fraction of sp³-hybridized carbons (Fsp3) is 0.909. The summed E-state index contributed by atoms with van der Waals surface area (Å²) in [5, 5.41) is 3.50. The Bertz CT molecular complexity index is 218. The number of nitrogens with two attached hydrogens (primary N) is 1. The first kappa shape index (κ1) is 10.9. The second kappa shape index (κ2) is 4.94. The minimum Gasteiger partial charge on any atom is -0.369 e. The van der Waals surface area contributed by atoms with E-state index in [9.17, 15) is 4.79 Å². The van der Waals surface area contributed by atoms with E-state index in [1.807, 2.05) is 0 Å². The molecular formula is C11H21N3O. The van der Waals surface area contributed by atoms with Gasteiger partial charge < -0.3 is 16.0 Å². The van der Waals surface area contributed by atoms with Crippen LogP contribution < -0.4 is 11.1 Å². The van der Waals surface area contributed by atoms with Gasteiger partial charge in [0.1, 0.15) is 0 Å². The van der Waals surface area contributed by atoms with Crippen molar-refractivity contribution in [1.29, 1.82) is 0 Å². The summed E-state index contributed by atoms with van der Waals surface area (Å²) in [5.74, 6) is 0.00595. The van der Waals surface area contributed by atoms with Crippen LogP contribution in [0.2, 0.25) is 0 Å². The molecule has 0 bridgehead atoms. The molecule has 2 fully saturated rings. The van der Waals surface area contributed by atoms with E-state index in [1.165, 1.54) is 19.4 Å². The summed E-state index contributed by atoms with van der Waals surface area (Å²) in [6.45, 7) is 4.38. The maximum Gasteiger partial charge on any atom is 0.220 e. The predicted molar refractivity (Wildman–Crippen MR) is 59.4 cm³/mol. The lowest BCUT2D eigenvalue weighted by Crippen LogP contribution is -2.43. The molecule has 1 amide bonds. The highest BCUT2D eigenvalue weighted by Crippen LogP contribution is 2.18. The largest absolute Gasteiger partial charge is 0.369 e. The maximum atomic E-state index is 11.0. The third kappa shape index (κ3) is 2.92. The van der Waals surface area contributed by atoms with Gasteiger partial charge in [0, 0.05) is 18.5 Å². The molecule has 0 radical (unpaired) electrons. The number of piperidine rings is 1. The highest BCUT2D eigenvalue weighted by Gasteiger charge is 2.25. The minimum atomic E-state index is -0.117. The monoisotopic (exact) mass is 211 g/mol. The van der Waals surface area contributed by atoms with Crippen molar-refractivity contribution in [2.45, 2.75) is 31.7 Å². The number of likely N-dealkylation sites (tertiary alicyclic amines) is 1. The number of nitrogens with zero attached hydrogens (tertiary/aromatic N) is 1. The van der Waals surface area contributed by atoms with Crippen LogP contribution >= 0.6 is 0 Å². The fourth-order valence-corrected chi connectivity index (χ4v) is 2.62. The molecule has 2 rings (SSSR count). The topological polar surface area (TPSA) is 58.4 Å². The zero-order valence-electron chi connectivity index (χ0n) is 9.24. The highest BCUT2D eigenvalue weighted by atomic mass is 16.1. The van der Waals surface area contributed by atoms with E-state index < -0.39 is 0 Å². The maximum absolute atomic E-state index is 11.0. The number of primary amides is 1. The zero-order chi connectivity index (χ0) is 10.7. The molecule has 0 aliphatic carbocycles. The smallest absolute Gasteiger partial charge is 0.220 e. The van der Waals surface area contributed by atoms with Crippen molar-refractivity contribution in [3.63, 3.8) is 0 Å². The zero-order valence-corrected chi connectivity index (χ0v) is 9.24. The molecule has 4 heteroatoms. The Hall–Kier alpha value is -0.610. The quantitative estimate of drug-likeness (QED) is 0.687. The van der Waals surface area contributed by atoms with Crippen LogP contribution in [0.5, 0.6) is 0 Å². The number of carbonyl (C=O) groups is 1. The first-order valence-electron chi connectivity index (χ1n) is 6.01. The van der Waals surface area contributed by atoms with Crippen LogP contribution in [0.4, 0.5) is 0 Å². The minimum absolute atomic E-state index is 0.117. The van der Waals surface area contributed by atoms with Crippen LogP contribution in [0.3, 0.4) is 0 Å². The van der Waals surface area contributed by atoms with Crippen LogP contribution in [0, 0.1) is 5.92 Å². The van der Waals surface area contributed by atoms with Gasteiger partial charge in [-0.25, -0.2) is 0 Å². The van der Waals surface area contributed by atoms with E-state index in [4.69, 9.17) is 5.73 Å². The molecule has 0 aromatic carbocycles. The predicted octanol–water partition coefficient (Wildman–Crippen LogP) is -0.0643. The Morgan fingerprint density at radius 1 is 1.33 bits per heavy atom. The van der Waals surface area contributed by atoms with E-state index in [0.717, 1.165) is 32.5 Å². The van der Waals surface area contributed by atoms with Gasteiger partial charge in [-0.1, -0.05) is 0 Å². The van der Waals surface area contributed by atoms with Gasteiger partial charge in [-0.05, 0) is 45.3 Å². The Morgan fingerprint density at radius 2 is 2.07 bits per heavy atom. The number of hydrogen-bond acceptors (Lipinski definition) is 3. The van der Waals surface area contributed by atoms with Gasteiger partial charge in [-0.3, -0.25) is 4.79 Å². The molecule has 3 N–H and O–H groups in total. The van der Waals surface area contributed by atoms with E-state index >= 15 is 0 Å². The Labute approximate surface area is 91.2 Å². The summed E-state index contributed by atoms with van der Waals surface area (Å²) in [5.41, 5.74) is 5.31. The van der Waals surface area contributed by atoms with Crippen LogP contribution in [0.1, 0.15) is 25.7 Å². The molecular weight excluding hydrogens is 190 g/mol. The second-order valence-corrected chi connectivity index (χ2v) is 4.77. The summed E-state index contributed by atoms with van der Waals surface area (Å²) < 4.78 is 0. The lowest BCUT2D eigenvalue weighted by atomic mass is 9.96. The highest BCUT2D eigenvalue weighted by molar-refractivity contribution is 5.76. The second-order valence-electron chi connectivity index (χ2n) is 4.77. The molecule has 2 heterocycles. The molecule has 2 aliphatic heterocycles. The van der Waals surface area contributed by atoms with E-state index in [1.54, 1.807) is 0 Å². The van der Waals surface area contributed by atoms with E-state index in [-0.39, 0.29) is 11.8 Å². The van der Waals surface area contributed by atoms with Gasteiger partial charge in [0.2, 0.25) is 5.91 Å². The Morgan fingerprint density at radius 3 is 2.60 bits per heavy atom. The first-order valence-corrected chi connectivity index (χ1v) is 6.01. The number of amides is 1. The van der Waals surface area contributed by atoms with Gasteiger partial charge in [-0.15, -0.1) is 0 Å². The summed E-state index contributed by atoms with van der Waals surface area (Å²) in [4.78, 5) is 13.5. The number of carbonyl (C=O) groups excluding carboxylic acids is 1. The number of rotatable bonds is 3. The van der Waals surface area contributed by atoms with Crippen LogP contribution in [-0.4, -0.2) is 43.0 Å². The van der Waals surface area contributed by atoms with Crippen molar-refractivity contribution in [1.82, 2.24) is 10.2 Å². The average Bonchev–Trinajstić information content (AvgIpc) is 2.71. The molecule has 1 unspecified atom stereocenters. The van der Waals surface area contributed by atoms with Crippen LogP contribution in [0.25, 0.3) is 0 Å². The average molecular weight is 211 g/mol. The standard InChI is InChI=1S/C11H21N3O/c12-11(15)9-3-6-14(7-4-9)8-10-2-1-5-13-10/h9-10,13H,1-8H2,(H2,12,15). The third-order valence-electron chi connectivity index (χ3n) is 3.63. The van der Waals surface area contributed by atoms with Crippen molar-refractivity contribution >= 4 is 5.91 Å². The molecule has 4 nitrogen and oxygen atoms in total. The number of hydrogen-bond donors (Lipinski definition) is 2. The molecule has 0 aromatic heterocycles. The van der Waals surface area contributed by atoms with Gasteiger partial charge in [0.05, 0.1) is 0 Å². The summed E-state index contributed by atoms with van der Waals surface area (Å²) in [6, 6.07) is 0.676. The number of nitrogens with one attached hydrogen (secondary N) is 1. The van der Waals surface area contributed by atoms with Gasteiger partial charge in [0.15, 0.2) is 0 Å². The SMILES string of the molecule is NC(=O)C1CCN(CC2CCCN2)CC1. The molecule has 2 aliphatic rings. The molecule has 0 aromatic rings. The van der Waals surface area contributed by atoms with Crippen molar-refractivity contribution in [3.05, 3.63) is 0 Å². The fourth-order valence-electron chi connectivity index (χ4n) is 2.62. The molecule has 86 valence electrons. The van der Waals surface area contributed by atoms with Gasteiger partial charge >= 0.3 is 0 Å². The third-order valence-corrected chi connectivity index (χ3v) is 3.63. The normalized spacial score (nSPS) is 29.5. The molecule has 15 heavy (non-hydrogen) atoms. The Kier molecular flexibility index (Phi) is 3.59. The molecule has 2 saturated heterocycles. The van der Waals surface area contributed by atoms with Crippen molar-refractivity contribution in [2.24, 2.45) is 11.7 Å². The summed E-state index contributed by atoms with van der Waals surface area (Å²) >= 11 is 0.